The van der Waals surface area contributed by atoms with Gasteiger partial charge in [0.1, 0.15) is 0 Å². The average Bonchev–Trinajstić information content (AvgIpc) is 3.11. The molecular weight excluding hydrogens is 304 g/mol. The van der Waals surface area contributed by atoms with E-state index >= 15 is 0 Å². The Hall–Kier alpha value is -0.800. The van der Waals surface area contributed by atoms with Crippen molar-refractivity contribution < 1.29 is 23.1 Å². The molecule has 0 aromatic heterocycles. The summed E-state index contributed by atoms with van der Waals surface area (Å²) in [5.74, 6) is -2.49. The van der Waals surface area contributed by atoms with E-state index in [4.69, 9.17) is 5.73 Å². The number of hydrogen-bond donors (Lipinski definition) is 3. The third kappa shape index (κ3) is 2.53. The first kappa shape index (κ1) is 15.6. The van der Waals surface area contributed by atoms with Crippen LogP contribution in [0.4, 0.5) is 0 Å². The molecule has 1 aliphatic carbocycles. The van der Waals surface area contributed by atoms with Gasteiger partial charge in [0.25, 0.3) is 0 Å². The molecule has 2 rings (SSSR count). The second-order valence-electron chi connectivity index (χ2n) is 5.14. The second kappa shape index (κ2) is 5.19. The van der Waals surface area contributed by atoms with Gasteiger partial charge < -0.3 is 16.2 Å². The Morgan fingerprint density at radius 1 is 1.60 bits per heavy atom. The van der Waals surface area contributed by atoms with E-state index < -0.39 is 50.2 Å². The number of hydrogen-bond acceptors (Lipinski definition) is 6. The predicted molar refractivity (Wildman–Crippen MR) is 74.8 cm³/mol. The van der Waals surface area contributed by atoms with Crippen LogP contribution < -0.4 is 11.1 Å². The lowest BCUT2D eigenvalue weighted by Gasteiger charge is -2.28. The summed E-state index contributed by atoms with van der Waals surface area (Å²) in [6.07, 6.45) is 3.73. The molecule has 1 saturated carbocycles. The molecule has 20 heavy (non-hydrogen) atoms. The molecule has 0 unspecified atom stereocenters. The van der Waals surface area contributed by atoms with Gasteiger partial charge in [0.05, 0.1) is 17.0 Å². The van der Waals surface area contributed by atoms with Crippen molar-refractivity contribution in [2.75, 3.05) is 17.8 Å². The van der Waals surface area contributed by atoms with Crippen molar-refractivity contribution in [2.45, 2.75) is 23.3 Å². The summed E-state index contributed by atoms with van der Waals surface area (Å²) in [6.45, 7) is 0. The monoisotopic (exact) mass is 321 g/mol. The second-order valence-corrected chi connectivity index (χ2v) is 8.29. The van der Waals surface area contributed by atoms with Gasteiger partial charge in [-0.25, -0.2) is 13.2 Å². The maximum Gasteiger partial charge on any atom is 0.330 e. The summed E-state index contributed by atoms with van der Waals surface area (Å²) in [4.78, 5) is 23.4. The van der Waals surface area contributed by atoms with Gasteiger partial charge in [-0.2, -0.15) is 11.8 Å². The van der Waals surface area contributed by atoms with E-state index in [1.165, 1.54) is 18.2 Å². The van der Waals surface area contributed by atoms with E-state index in [2.05, 4.69) is 5.32 Å². The molecule has 1 radical (unpaired) electrons. The predicted octanol–water partition coefficient (Wildman–Crippen LogP) is -1.36. The molecule has 0 bridgehead atoms. The smallest absolute Gasteiger partial charge is 0.330 e. The SMILES string of the molecule is CSCC[C@@H](N)C(=O)N[C@@]1(C(=O)O)CS(=O)(=O)[C@H]2[CH][C@H]21. The molecule has 2 fully saturated rings. The molecule has 2 aliphatic rings. The maximum absolute atomic E-state index is 12.0. The molecular formula is C11H17N2O5S2. The highest BCUT2D eigenvalue weighted by atomic mass is 32.2. The Kier molecular flexibility index (Phi) is 4.05. The van der Waals surface area contributed by atoms with E-state index in [0.29, 0.717) is 12.2 Å². The summed E-state index contributed by atoms with van der Waals surface area (Å²) in [5, 5.41) is 11.0. The largest absolute Gasteiger partial charge is 0.479 e. The summed E-state index contributed by atoms with van der Waals surface area (Å²) < 4.78 is 23.5. The van der Waals surface area contributed by atoms with Gasteiger partial charge in [-0.05, 0) is 24.9 Å². The zero-order valence-electron chi connectivity index (χ0n) is 10.9. The van der Waals surface area contributed by atoms with Crippen LogP contribution in [0.25, 0.3) is 0 Å². The fourth-order valence-electron chi connectivity index (χ4n) is 2.50. The maximum atomic E-state index is 12.0. The number of carboxylic acid groups (broad SMARTS) is 1. The molecule has 0 spiro atoms. The first-order chi connectivity index (χ1) is 9.24. The zero-order chi connectivity index (χ0) is 15.1. The normalized spacial score (nSPS) is 35.1. The van der Waals surface area contributed by atoms with Crippen LogP contribution in [-0.2, 0) is 19.4 Å². The number of thioether (sulfide) groups is 1. The van der Waals surface area contributed by atoms with Crippen LogP contribution in [-0.4, -0.2) is 60.0 Å². The Bertz CT molecular complexity index is 535. The standard InChI is InChI=1S/C11H17N2O5S2/c1-19-3-2-7(12)9(14)13-11(10(15)16)5-20(17,18)8-4-6(8)11/h4,6-8H,2-3,5,12H2,1H3,(H,13,14)(H,15,16)/t6-,7-,8+,11+/m1/s1. The highest BCUT2D eigenvalue weighted by Crippen LogP contribution is 2.51. The fraction of sp³-hybridized carbons (Fsp3) is 0.727. The Balaban J connectivity index is 2.13. The number of amides is 1. The van der Waals surface area contributed by atoms with Crippen molar-refractivity contribution >= 4 is 33.5 Å². The Morgan fingerprint density at radius 3 is 2.65 bits per heavy atom. The van der Waals surface area contributed by atoms with Crippen molar-refractivity contribution in [1.29, 1.82) is 0 Å². The number of fused-ring (bicyclic) bond motifs is 1. The molecule has 113 valence electrons. The van der Waals surface area contributed by atoms with E-state index in [9.17, 15) is 23.1 Å². The van der Waals surface area contributed by atoms with Crippen molar-refractivity contribution in [3.63, 3.8) is 0 Å². The molecule has 7 nitrogen and oxygen atoms in total. The van der Waals surface area contributed by atoms with Gasteiger partial charge in [-0.1, -0.05) is 0 Å². The van der Waals surface area contributed by atoms with Gasteiger partial charge in [-0.3, -0.25) is 4.79 Å². The highest BCUT2D eigenvalue weighted by Gasteiger charge is 2.71. The third-order valence-corrected chi connectivity index (χ3v) is 6.50. The lowest BCUT2D eigenvalue weighted by Crippen LogP contribution is -2.61. The van der Waals surface area contributed by atoms with E-state index in [-0.39, 0.29) is 0 Å². The number of carbonyl (C=O) groups excluding carboxylic acids is 1. The minimum Gasteiger partial charge on any atom is -0.479 e. The van der Waals surface area contributed by atoms with Crippen LogP contribution in [0.1, 0.15) is 6.42 Å². The molecule has 1 aliphatic heterocycles. The minimum absolute atomic E-state index is 0.410. The fourth-order valence-corrected chi connectivity index (χ4v) is 5.30. The van der Waals surface area contributed by atoms with Crippen LogP contribution in [0.5, 0.6) is 0 Å². The number of nitrogens with two attached hydrogens (primary N) is 1. The first-order valence-electron chi connectivity index (χ1n) is 6.11. The zero-order valence-corrected chi connectivity index (χ0v) is 12.5. The number of carbonyl (C=O) groups is 2. The quantitative estimate of drug-likeness (QED) is 0.551. The first-order valence-corrected chi connectivity index (χ1v) is 9.22. The molecule has 9 heteroatoms. The molecule has 4 N–H and O–H groups in total. The number of nitrogens with one attached hydrogen (secondary N) is 1. The van der Waals surface area contributed by atoms with Crippen LogP contribution >= 0.6 is 11.8 Å². The molecule has 4 atom stereocenters. The highest BCUT2D eigenvalue weighted by molar-refractivity contribution is 7.98. The van der Waals surface area contributed by atoms with Crippen molar-refractivity contribution in [3.8, 4) is 0 Å². The van der Waals surface area contributed by atoms with E-state index in [1.807, 2.05) is 6.26 Å². The molecule has 0 aromatic rings. The van der Waals surface area contributed by atoms with Crippen molar-refractivity contribution in [2.24, 2.45) is 11.7 Å². The van der Waals surface area contributed by atoms with Crippen LogP contribution in [0.15, 0.2) is 0 Å². The summed E-state index contributed by atoms with van der Waals surface area (Å²) in [7, 11) is -3.49. The van der Waals surface area contributed by atoms with Crippen LogP contribution in [0.2, 0.25) is 0 Å². The number of aliphatic carboxylic acids is 1. The Morgan fingerprint density at radius 2 is 2.25 bits per heavy atom. The topological polar surface area (TPSA) is 127 Å². The minimum atomic E-state index is -3.49. The van der Waals surface area contributed by atoms with Gasteiger partial charge in [0, 0.05) is 5.92 Å². The van der Waals surface area contributed by atoms with E-state index in [1.54, 1.807) is 0 Å². The lowest BCUT2D eigenvalue weighted by atomic mass is 9.95. The Labute approximate surface area is 121 Å². The van der Waals surface area contributed by atoms with Crippen molar-refractivity contribution in [1.82, 2.24) is 5.32 Å². The molecule has 1 amide bonds. The van der Waals surface area contributed by atoms with Crippen LogP contribution in [0.3, 0.4) is 0 Å². The van der Waals surface area contributed by atoms with Crippen molar-refractivity contribution in [3.05, 3.63) is 6.42 Å². The summed E-state index contributed by atoms with van der Waals surface area (Å²) >= 11 is 1.53. The average molecular weight is 321 g/mol. The summed E-state index contributed by atoms with van der Waals surface area (Å²) in [6, 6.07) is -0.834. The number of sulfone groups is 1. The van der Waals surface area contributed by atoms with Gasteiger partial charge in [0.15, 0.2) is 15.4 Å². The number of carboxylic acids is 1. The van der Waals surface area contributed by atoms with Gasteiger partial charge in [-0.15, -0.1) is 0 Å². The lowest BCUT2D eigenvalue weighted by molar-refractivity contribution is -0.147. The van der Waals surface area contributed by atoms with E-state index in [0.717, 1.165) is 0 Å². The molecule has 1 saturated heterocycles. The number of rotatable bonds is 6. The summed E-state index contributed by atoms with van der Waals surface area (Å²) in [5.41, 5.74) is 3.94. The third-order valence-electron chi connectivity index (χ3n) is 3.72. The van der Waals surface area contributed by atoms with Crippen LogP contribution in [0, 0.1) is 12.3 Å². The molecule has 1 heterocycles. The van der Waals surface area contributed by atoms with Gasteiger partial charge >= 0.3 is 5.97 Å². The molecule has 0 aromatic carbocycles. The van der Waals surface area contributed by atoms with Gasteiger partial charge in [0.2, 0.25) is 5.91 Å².